The molecule has 10 heavy (non-hydrogen) atoms. The Bertz CT molecular complexity index is 97.4. The van der Waals surface area contributed by atoms with Crippen molar-refractivity contribution in [1.82, 2.24) is 0 Å². The fourth-order valence-electron chi connectivity index (χ4n) is 1.12. The van der Waals surface area contributed by atoms with Gasteiger partial charge in [-0.05, 0) is 30.3 Å². The van der Waals surface area contributed by atoms with Crippen LogP contribution in [0, 0.1) is 5.92 Å². The maximum Gasteiger partial charge on any atom is 0.0901 e. The summed E-state index contributed by atoms with van der Waals surface area (Å²) in [4.78, 5) is 0. The van der Waals surface area contributed by atoms with Gasteiger partial charge in [0.25, 0.3) is 0 Å². The summed E-state index contributed by atoms with van der Waals surface area (Å²) in [6, 6.07) is 0. The van der Waals surface area contributed by atoms with Gasteiger partial charge >= 0.3 is 0 Å². The third-order valence-corrected chi connectivity index (χ3v) is 2.84. The Morgan fingerprint density at radius 2 is 2.20 bits per heavy atom. The molecule has 0 atom stereocenters. The van der Waals surface area contributed by atoms with E-state index in [0.29, 0.717) is 0 Å². The highest BCUT2D eigenvalue weighted by Crippen LogP contribution is 2.22. The fourth-order valence-corrected chi connectivity index (χ4v) is 2.32. The van der Waals surface area contributed by atoms with E-state index in [-0.39, 0.29) is 0 Å². The molecule has 1 aliphatic heterocycles. The maximum atomic E-state index is 5.13. The van der Waals surface area contributed by atoms with Gasteiger partial charge in [0, 0.05) is 0 Å². The summed E-state index contributed by atoms with van der Waals surface area (Å²) in [6.07, 6.45) is 4.18. The molecule has 2 heteroatoms. The van der Waals surface area contributed by atoms with E-state index < -0.39 is 0 Å². The first kappa shape index (κ1) is 7.99. The van der Waals surface area contributed by atoms with E-state index in [4.69, 9.17) is 4.74 Å². The predicted molar refractivity (Wildman–Crippen MR) is 46.2 cm³/mol. The van der Waals surface area contributed by atoms with Gasteiger partial charge < -0.3 is 4.74 Å². The highest BCUT2D eigenvalue weighted by molar-refractivity contribution is 7.99. The van der Waals surface area contributed by atoms with Gasteiger partial charge in [-0.25, -0.2) is 0 Å². The van der Waals surface area contributed by atoms with Gasteiger partial charge in [0.2, 0.25) is 0 Å². The van der Waals surface area contributed by atoms with E-state index in [0.717, 1.165) is 12.5 Å². The molecule has 0 spiro atoms. The predicted octanol–water partition coefficient (Wildman–Crippen LogP) is 2.29. The van der Waals surface area contributed by atoms with Crippen molar-refractivity contribution in [1.29, 1.82) is 0 Å². The molecule has 1 saturated heterocycles. The Morgan fingerprint density at radius 3 is 2.80 bits per heavy atom. The minimum Gasteiger partial charge on any atom is -0.502 e. The summed E-state index contributed by atoms with van der Waals surface area (Å²) in [7, 11) is 0. The average molecular weight is 158 g/mol. The first-order valence-corrected chi connectivity index (χ1v) is 4.89. The summed E-state index contributed by atoms with van der Waals surface area (Å²) in [5, 5.41) is 0. The molecule has 58 valence electrons. The smallest absolute Gasteiger partial charge is 0.0901 e. The lowest BCUT2D eigenvalue weighted by Gasteiger charge is -2.20. The zero-order valence-electron chi connectivity index (χ0n) is 6.21. The van der Waals surface area contributed by atoms with E-state index in [9.17, 15) is 0 Å². The Labute approximate surface area is 66.8 Å². The lowest BCUT2D eigenvalue weighted by atomic mass is 10.0. The van der Waals surface area contributed by atoms with Crippen LogP contribution in [0.25, 0.3) is 0 Å². The highest BCUT2D eigenvalue weighted by atomic mass is 32.2. The van der Waals surface area contributed by atoms with Crippen molar-refractivity contribution in [3.05, 3.63) is 12.8 Å². The number of hydrogen-bond acceptors (Lipinski definition) is 2. The van der Waals surface area contributed by atoms with Crippen molar-refractivity contribution in [2.24, 2.45) is 5.92 Å². The first-order valence-electron chi connectivity index (χ1n) is 3.73. The van der Waals surface area contributed by atoms with Crippen LogP contribution in [-0.4, -0.2) is 18.1 Å². The minimum absolute atomic E-state index is 0.791. The van der Waals surface area contributed by atoms with E-state index >= 15 is 0 Å². The summed E-state index contributed by atoms with van der Waals surface area (Å²) < 4.78 is 5.13. The second-order valence-electron chi connectivity index (χ2n) is 2.56. The second-order valence-corrected chi connectivity index (χ2v) is 3.78. The number of rotatable bonds is 3. The van der Waals surface area contributed by atoms with Gasteiger partial charge in [0.05, 0.1) is 12.9 Å². The average Bonchev–Trinajstić information content (AvgIpc) is 2.03. The first-order chi connectivity index (χ1) is 4.93. The molecular weight excluding hydrogens is 144 g/mol. The van der Waals surface area contributed by atoms with Gasteiger partial charge in [-0.2, -0.15) is 11.8 Å². The summed E-state index contributed by atoms with van der Waals surface area (Å²) >= 11 is 2.05. The summed E-state index contributed by atoms with van der Waals surface area (Å²) in [6.45, 7) is 4.40. The van der Waals surface area contributed by atoms with Gasteiger partial charge in [0.1, 0.15) is 0 Å². The molecule has 1 heterocycles. The Kier molecular flexibility index (Phi) is 3.73. The molecule has 0 aromatic heterocycles. The standard InChI is InChI=1S/C8H14OS/c1-2-9-7-8-3-5-10-6-4-8/h2,8H,1,3-7H2. The normalized spacial score (nSPS) is 20.4. The molecule has 0 bridgehead atoms. The van der Waals surface area contributed by atoms with Crippen LogP contribution in [0.1, 0.15) is 12.8 Å². The molecule has 1 rings (SSSR count). The second kappa shape index (κ2) is 4.67. The largest absolute Gasteiger partial charge is 0.502 e. The molecule has 0 radical (unpaired) electrons. The topological polar surface area (TPSA) is 9.23 Å². The third kappa shape index (κ3) is 2.65. The van der Waals surface area contributed by atoms with Crippen LogP contribution in [-0.2, 0) is 4.74 Å². The summed E-state index contributed by atoms with van der Waals surface area (Å²) in [5.41, 5.74) is 0. The Balaban J connectivity index is 2.07. The van der Waals surface area contributed by atoms with Crippen molar-refractivity contribution >= 4 is 11.8 Å². The van der Waals surface area contributed by atoms with Gasteiger partial charge in [-0.15, -0.1) is 0 Å². The van der Waals surface area contributed by atoms with E-state index in [1.54, 1.807) is 6.26 Å². The number of ether oxygens (including phenoxy) is 1. The van der Waals surface area contributed by atoms with Crippen LogP contribution in [0.4, 0.5) is 0 Å². The molecule has 1 fully saturated rings. The third-order valence-electron chi connectivity index (χ3n) is 1.79. The van der Waals surface area contributed by atoms with Gasteiger partial charge in [-0.1, -0.05) is 6.58 Å². The Morgan fingerprint density at radius 1 is 1.50 bits per heavy atom. The lowest BCUT2D eigenvalue weighted by Crippen LogP contribution is -2.14. The highest BCUT2D eigenvalue weighted by Gasteiger charge is 2.12. The van der Waals surface area contributed by atoms with Crippen LogP contribution in [0.2, 0.25) is 0 Å². The van der Waals surface area contributed by atoms with E-state index in [2.05, 4.69) is 18.3 Å². The van der Waals surface area contributed by atoms with E-state index in [1.165, 1.54) is 24.3 Å². The monoisotopic (exact) mass is 158 g/mol. The van der Waals surface area contributed by atoms with Crippen LogP contribution in [0.15, 0.2) is 12.8 Å². The molecule has 0 aromatic rings. The lowest BCUT2D eigenvalue weighted by molar-refractivity contribution is 0.189. The molecule has 0 unspecified atom stereocenters. The van der Waals surface area contributed by atoms with E-state index in [1.807, 2.05) is 0 Å². The van der Waals surface area contributed by atoms with Gasteiger partial charge in [0.15, 0.2) is 0 Å². The van der Waals surface area contributed by atoms with Crippen LogP contribution < -0.4 is 0 Å². The zero-order chi connectivity index (χ0) is 7.23. The molecular formula is C8H14OS. The number of thioether (sulfide) groups is 1. The molecule has 0 aliphatic carbocycles. The van der Waals surface area contributed by atoms with Crippen molar-refractivity contribution < 1.29 is 4.74 Å². The van der Waals surface area contributed by atoms with Crippen molar-refractivity contribution in [2.75, 3.05) is 18.1 Å². The number of hydrogen-bond donors (Lipinski definition) is 0. The molecule has 0 N–H and O–H groups in total. The van der Waals surface area contributed by atoms with Crippen LogP contribution in [0.5, 0.6) is 0 Å². The maximum absolute atomic E-state index is 5.13. The van der Waals surface area contributed by atoms with Crippen molar-refractivity contribution in [3.63, 3.8) is 0 Å². The minimum atomic E-state index is 0.791. The van der Waals surface area contributed by atoms with Crippen molar-refractivity contribution in [3.8, 4) is 0 Å². The molecule has 0 amide bonds. The molecule has 0 aromatic carbocycles. The SMILES string of the molecule is C=COCC1CCSCC1. The molecule has 1 nitrogen and oxygen atoms in total. The quantitative estimate of drug-likeness (QED) is 0.583. The fraction of sp³-hybridized carbons (Fsp3) is 0.750. The molecule has 0 saturated carbocycles. The van der Waals surface area contributed by atoms with Crippen LogP contribution in [0.3, 0.4) is 0 Å². The molecule has 1 aliphatic rings. The zero-order valence-corrected chi connectivity index (χ0v) is 7.03. The van der Waals surface area contributed by atoms with Crippen molar-refractivity contribution in [2.45, 2.75) is 12.8 Å². The summed E-state index contributed by atoms with van der Waals surface area (Å²) in [5.74, 6) is 3.41. The van der Waals surface area contributed by atoms with Gasteiger partial charge in [-0.3, -0.25) is 0 Å². The Hall–Kier alpha value is -0.110. The van der Waals surface area contributed by atoms with Crippen LogP contribution >= 0.6 is 11.8 Å².